The van der Waals surface area contributed by atoms with Crippen LogP contribution in [0.5, 0.6) is 11.5 Å². The molecule has 2 heterocycles. The summed E-state index contributed by atoms with van der Waals surface area (Å²) in [5, 5.41) is 29.4. The molecule has 1 N–H and O–H groups in total. The van der Waals surface area contributed by atoms with Gasteiger partial charge in [0.1, 0.15) is 36.9 Å². The number of ether oxygens (including phenoxy) is 2. The van der Waals surface area contributed by atoms with Gasteiger partial charge in [0.05, 0.1) is 17.7 Å². The fraction of sp³-hybridized carbons (Fsp3) is 0.306. The number of aliphatic hydroxyl groups excluding tert-OH is 1. The molecule has 1 fully saturated rings. The molecule has 1 saturated heterocycles. The van der Waals surface area contributed by atoms with E-state index in [9.17, 15) is 15.6 Å². The van der Waals surface area contributed by atoms with Crippen LogP contribution in [0.4, 0.5) is 0 Å². The fourth-order valence-corrected chi connectivity index (χ4v) is 6.39. The third-order valence-corrected chi connectivity index (χ3v) is 8.56. The highest BCUT2D eigenvalue weighted by Crippen LogP contribution is 2.41. The highest BCUT2D eigenvalue weighted by molar-refractivity contribution is 5.72. The van der Waals surface area contributed by atoms with E-state index in [0.717, 1.165) is 78.0 Å². The van der Waals surface area contributed by atoms with E-state index in [1.54, 1.807) is 18.5 Å². The zero-order chi connectivity index (χ0) is 29.6. The van der Waals surface area contributed by atoms with Gasteiger partial charge in [0.15, 0.2) is 0 Å². The van der Waals surface area contributed by atoms with Crippen LogP contribution in [0.1, 0.15) is 58.2 Å². The number of nitriles is 2. The van der Waals surface area contributed by atoms with E-state index in [0.29, 0.717) is 17.7 Å². The lowest BCUT2D eigenvalue weighted by Crippen LogP contribution is -2.32. The molecule has 0 bridgehead atoms. The van der Waals surface area contributed by atoms with Crippen LogP contribution >= 0.6 is 0 Å². The zero-order valence-corrected chi connectivity index (χ0v) is 24.1. The highest BCUT2D eigenvalue weighted by Gasteiger charge is 2.29. The molecule has 0 amide bonds. The zero-order valence-electron chi connectivity index (χ0n) is 24.1. The Morgan fingerprint density at radius 1 is 0.884 bits per heavy atom. The standard InChI is InChI=1S/C36H34N4O3/c37-17-25-15-26(20-39-19-25)23-42-36-16-35(32-13-5-12-31(32)34(36)21-40-14-6-10-29(40)22-41)43-24-28-9-4-11-30(33(28)18-38)27-7-2-1-3-8-27/h1-4,7-9,11,15-16,19-20,29,41H,5-6,10,12-14,21-24H2/t29-/m0/s1. The highest BCUT2D eigenvalue weighted by atomic mass is 16.5. The van der Waals surface area contributed by atoms with Crippen molar-refractivity contribution < 1.29 is 14.6 Å². The van der Waals surface area contributed by atoms with Gasteiger partial charge >= 0.3 is 0 Å². The molecule has 216 valence electrons. The topological polar surface area (TPSA) is 102 Å². The summed E-state index contributed by atoms with van der Waals surface area (Å²) in [5.41, 5.74) is 8.27. The molecule has 6 rings (SSSR count). The van der Waals surface area contributed by atoms with Gasteiger partial charge in [0.2, 0.25) is 0 Å². The van der Waals surface area contributed by atoms with Crippen LogP contribution in [0.25, 0.3) is 11.1 Å². The van der Waals surface area contributed by atoms with Gasteiger partial charge in [0.25, 0.3) is 0 Å². The average molecular weight is 571 g/mol. The van der Waals surface area contributed by atoms with E-state index in [1.807, 2.05) is 54.6 Å². The first-order chi connectivity index (χ1) is 21.2. The van der Waals surface area contributed by atoms with Gasteiger partial charge < -0.3 is 14.6 Å². The van der Waals surface area contributed by atoms with Crippen LogP contribution in [-0.2, 0) is 32.6 Å². The van der Waals surface area contributed by atoms with E-state index in [1.165, 1.54) is 11.1 Å². The van der Waals surface area contributed by atoms with Crippen LogP contribution in [0.2, 0.25) is 0 Å². The van der Waals surface area contributed by atoms with Gasteiger partial charge in [0, 0.05) is 47.7 Å². The third-order valence-electron chi connectivity index (χ3n) is 8.56. The van der Waals surface area contributed by atoms with Crippen molar-refractivity contribution in [2.75, 3.05) is 13.2 Å². The molecule has 2 aliphatic rings. The van der Waals surface area contributed by atoms with Crippen molar-refractivity contribution in [3.8, 4) is 34.8 Å². The maximum absolute atomic E-state index is 10.1. The van der Waals surface area contributed by atoms with Crippen molar-refractivity contribution in [2.45, 2.75) is 57.9 Å². The molecular formula is C36H34N4O3. The number of pyridine rings is 1. The number of aromatic nitrogens is 1. The summed E-state index contributed by atoms with van der Waals surface area (Å²) in [4.78, 5) is 6.54. The second-order valence-corrected chi connectivity index (χ2v) is 11.2. The van der Waals surface area contributed by atoms with Crippen molar-refractivity contribution in [3.05, 3.63) is 112 Å². The maximum atomic E-state index is 10.1. The SMILES string of the molecule is N#Cc1cncc(COc2cc(OCc3cccc(-c4ccccc4)c3C#N)c3c(c2CN2CCC[C@H]2CO)CCC3)c1. The number of hydrogen-bond acceptors (Lipinski definition) is 7. The molecule has 1 aromatic heterocycles. The summed E-state index contributed by atoms with van der Waals surface area (Å²) in [7, 11) is 0. The van der Waals surface area contributed by atoms with E-state index < -0.39 is 0 Å². The Kier molecular flexibility index (Phi) is 8.65. The Morgan fingerprint density at radius 2 is 1.72 bits per heavy atom. The summed E-state index contributed by atoms with van der Waals surface area (Å²) in [5.74, 6) is 1.53. The van der Waals surface area contributed by atoms with E-state index in [-0.39, 0.29) is 25.9 Å². The second kappa shape index (κ2) is 13.1. The minimum Gasteiger partial charge on any atom is -0.488 e. The van der Waals surface area contributed by atoms with Gasteiger partial charge in [-0.2, -0.15) is 10.5 Å². The first kappa shape index (κ1) is 28.4. The number of likely N-dealkylation sites (tertiary alicyclic amines) is 1. The molecule has 3 aromatic carbocycles. The van der Waals surface area contributed by atoms with Crippen LogP contribution in [0.15, 0.2) is 73.1 Å². The normalized spacial score (nSPS) is 15.9. The molecule has 43 heavy (non-hydrogen) atoms. The molecule has 0 saturated carbocycles. The molecule has 7 nitrogen and oxygen atoms in total. The predicted octanol–water partition coefficient (Wildman–Crippen LogP) is 6.10. The minimum absolute atomic E-state index is 0.148. The Bertz CT molecular complexity index is 1690. The van der Waals surface area contributed by atoms with E-state index >= 15 is 0 Å². The summed E-state index contributed by atoms with van der Waals surface area (Å²) in [6.07, 6.45) is 8.22. The Morgan fingerprint density at radius 3 is 2.53 bits per heavy atom. The number of nitrogens with zero attached hydrogens (tertiary/aromatic N) is 4. The number of hydrogen-bond donors (Lipinski definition) is 1. The van der Waals surface area contributed by atoms with Crippen molar-refractivity contribution in [1.82, 2.24) is 9.88 Å². The van der Waals surface area contributed by atoms with Gasteiger partial charge in [-0.15, -0.1) is 0 Å². The largest absolute Gasteiger partial charge is 0.488 e. The quantitative estimate of drug-likeness (QED) is 0.246. The average Bonchev–Trinajstić information content (AvgIpc) is 3.74. The molecule has 0 spiro atoms. The maximum Gasteiger partial charge on any atom is 0.128 e. The molecule has 7 heteroatoms. The summed E-state index contributed by atoms with van der Waals surface area (Å²) < 4.78 is 13.0. The molecule has 4 aromatic rings. The first-order valence-corrected chi connectivity index (χ1v) is 14.9. The van der Waals surface area contributed by atoms with Gasteiger partial charge in [-0.25, -0.2) is 0 Å². The second-order valence-electron chi connectivity index (χ2n) is 11.2. The predicted molar refractivity (Wildman–Crippen MR) is 163 cm³/mol. The Balaban J connectivity index is 1.33. The minimum atomic E-state index is 0.148. The van der Waals surface area contributed by atoms with Gasteiger partial charge in [-0.3, -0.25) is 9.88 Å². The van der Waals surface area contributed by atoms with Crippen molar-refractivity contribution in [3.63, 3.8) is 0 Å². The van der Waals surface area contributed by atoms with Crippen LogP contribution in [0.3, 0.4) is 0 Å². The van der Waals surface area contributed by atoms with Crippen molar-refractivity contribution >= 4 is 0 Å². The van der Waals surface area contributed by atoms with Crippen LogP contribution in [-0.4, -0.2) is 34.2 Å². The molecule has 1 aliphatic heterocycles. The third kappa shape index (κ3) is 6.10. The number of rotatable bonds is 10. The van der Waals surface area contributed by atoms with Crippen molar-refractivity contribution in [2.24, 2.45) is 0 Å². The molecule has 1 aliphatic carbocycles. The van der Waals surface area contributed by atoms with Gasteiger partial charge in [-0.1, -0.05) is 48.5 Å². The summed E-state index contributed by atoms with van der Waals surface area (Å²) in [6.45, 7) is 2.34. The molecule has 0 radical (unpaired) electrons. The van der Waals surface area contributed by atoms with Crippen molar-refractivity contribution in [1.29, 1.82) is 10.5 Å². The molecular weight excluding hydrogens is 536 g/mol. The smallest absolute Gasteiger partial charge is 0.128 e. The van der Waals surface area contributed by atoms with Gasteiger partial charge in [-0.05, 0) is 67.0 Å². The van der Waals surface area contributed by atoms with Crippen LogP contribution in [0, 0.1) is 22.7 Å². The Labute approximate surface area is 252 Å². The lowest BCUT2D eigenvalue weighted by Gasteiger charge is -2.26. The fourth-order valence-electron chi connectivity index (χ4n) is 6.39. The summed E-state index contributed by atoms with van der Waals surface area (Å²) >= 11 is 0. The first-order valence-electron chi connectivity index (χ1n) is 14.9. The monoisotopic (exact) mass is 570 g/mol. The number of fused-ring (bicyclic) bond motifs is 1. The molecule has 0 unspecified atom stereocenters. The summed E-state index contributed by atoms with van der Waals surface area (Å²) in [6, 6.07) is 24.3. The molecule has 1 atom stereocenters. The number of benzene rings is 3. The lowest BCUT2D eigenvalue weighted by molar-refractivity contribution is 0.151. The van der Waals surface area contributed by atoms with E-state index in [2.05, 4.69) is 22.0 Å². The lowest BCUT2D eigenvalue weighted by atomic mass is 9.96. The Hall–Kier alpha value is -4.69. The van der Waals surface area contributed by atoms with Crippen LogP contribution < -0.4 is 9.47 Å². The van der Waals surface area contributed by atoms with E-state index in [4.69, 9.17) is 9.47 Å². The number of aliphatic hydroxyl groups is 1.